The summed E-state index contributed by atoms with van der Waals surface area (Å²) in [6.45, 7) is 5.55. The van der Waals surface area contributed by atoms with Crippen molar-refractivity contribution in [2.45, 2.75) is 26.2 Å². The van der Waals surface area contributed by atoms with Crippen molar-refractivity contribution in [2.24, 2.45) is 5.41 Å². The molecule has 1 heterocycles. The maximum absolute atomic E-state index is 13.5. The molecule has 0 radical (unpaired) electrons. The van der Waals surface area contributed by atoms with Crippen molar-refractivity contribution in [3.8, 4) is 5.75 Å². The van der Waals surface area contributed by atoms with Crippen LogP contribution in [-0.2, 0) is 9.47 Å². The van der Waals surface area contributed by atoms with Gasteiger partial charge in [0, 0.05) is 18.1 Å². The molecule has 1 aromatic carbocycles. The normalized spacial score (nSPS) is 15.9. The lowest BCUT2D eigenvalue weighted by Crippen LogP contribution is -2.45. The standard InChI is InChI=1S/C17H23FO5/c1-2-17(11-22-12-17)10-21-7-3-4-8-23-13-5-6-14(16(19)20)15(18)9-13/h5-6,9H,2-4,7-8,10-12H2,1H3,(H,19,20). The average molecular weight is 326 g/mol. The zero-order valence-electron chi connectivity index (χ0n) is 13.3. The Morgan fingerprint density at radius 2 is 2.09 bits per heavy atom. The van der Waals surface area contributed by atoms with Crippen LogP contribution < -0.4 is 4.74 Å². The zero-order chi connectivity index (χ0) is 16.7. The van der Waals surface area contributed by atoms with Crippen molar-refractivity contribution in [1.82, 2.24) is 0 Å². The van der Waals surface area contributed by atoms with Crippen LogP contribution >= 0.6 is 0 Å². The molecule has 0 bridgehead atoms. The smallest absolute Gasteiger partial charge is 0.338 e. The van der Waals surface area contributed by atoms with Crippen LogP contribution in [0.2, 0.25) is 0 Å². The largest absolute Gasteiger partial charge is 0.493 e. The Kier molecular flexibility index (Phi) is 6.36. The van der Waals surface area contributed by atoms with Crippen LogP contribution in [0.4, 0.5) is 4.39 Å². The Labute approximate surface area is 135 Å². The highest BCUT2D eigenvalue weighted by Gasteiger charge is 2.36. The summed E-state index contributed by atoms with van der Waals surface area (Å²) in [6.07, 6.45) is 2.71. The van der Waals surface area contributed by atoms with Crippen LogP contribution in [0.1, 0.15) is 36.5 Å². The number of ether oxygens (including phenoxy) is 3. The van der Waals surface area contributed by atoms with Gasteiger partial charge in [0.05, 0.1) is 32.0 Å². The van der Waals surface area contributed by atoms with E-state index in [1.54, 1.807) is 0 Å². The highest BCUT2D eigenvalue weighted by Crippen LogP contribution is 2.31. The molecule has 1 saturated heterocycles. The van der Waals surface area contributed by atoms with Crippen molar-refractivity contribution >= 4 is 5.97 Å². The summed E-state index contributed by atoms with van der Waals surface area (Å²) in [5, 5.41) is 8.75. The lowest BCUT2D eigenvalue weighted by Gasteiger charge is -2.40. The number of unbranched alkanes of at least 4 members (excludes halogenated alkanes) is 1. The van der Waals surface area contributed by atoms with E-state index < -0.39 is 11.8 Å². The average Bonchev–Trinajstić information content (AvgIpc) is 2.48. The monoisotopic (exact) mass is 326 g/mol. The fraction of sp³-hybridized carbons (Fsp3) is 0.588. The lowest BCUT2D eigenvalue weighted by atomic mass is 9.84. The number of halogens is 1. The van der Waals surface area contributed by atoms with Crippen molar-refractivity contribution < 1.29 is 28.5 Å². The Hall–Kier alpha value is -1.66. The minimum atomic E-state index is -1.28. The van der Waals surface area contributed by atoms with Gasteiger partial charge in [0.2, 0.25) is 0 Å². The van der Waals surface area contributed by atoms with E-state index in [9.17, 15) is 9.18 Å². The summed E-state index contributed by atoms with van der Waals surface area (Å²) in [6, 6.07) is 3.77. The Balaban J connectivity index is 1.58. The van der Waals surface area contributed by atoms with Crippen LogP contribution in [0, 0.1) is 11.2 Å². The SMILES string of the molecule is CCC1(COCCCCOc2ccc(C(=O)O)c(F)c2)COC1. The molecule has 0 aliphatic carbocycles. The molecule has 1 N–H and O–H groups in total. The number of aromatic carboxylic acids is 1. The predicted molar refractivity (Wildman–Crippen MR) is 82.5 cm³/mol. The van der Waals surface area contributed by atoms with E-state index in [0.29, 0.717) is 19.0 Å². The minimum Gasteiger partial charge on any atom is -0.493 e. The molecule has 6 heteroatoms. The summed E-state index contributed by atoms with van der Waals surface area (Å²) in [4.78, 5) is 10.7. The second kappa shape index (κ2) is 8.26. The van der Waals surface area contributed by atoms with Gasteiger partial charge in [-0.1, -0.05) is 6.92 Å². The van der Waals surface area contributed by atoms with E-state index in [4.69, 9.17) is 19.3 Å². The maximum atomic E-state index is 13.5. The number of carboxylic acids is 1. The molecule has 1 aliphatic heterocycles. The van der Waals surface area contributed by atoms with Crippen LogP contribution in [-0.4, -0.2) is 44.1 Å². The van der Waals surface area contributed by atoms with Crippen LogP contribution in [0.15, 0.2) is 18.2 Å². The minimum absolute atomic E-state index is 0.208. The maximum Gasteiger partial charge on any atom is 0.338 e. The van der Waals surface area contributed by atoms with Crippen molar-refractivity contribution in [3.05, 3.63) is 29.6 Å². The molecule has 0 saturated carbocycles. The molecular formula is C17H23FO5. The van der Waals surface area contributed by atoms with E-state index in [-0.39, 0.29) is 11.0 Å². The molecule has 23 heavy (non-hydrogen) atoms. The van der Waals surface area contributed by atoms with Crippen molar-refractivity contribution in [1.29, 1.82) is 0 Å². The summed E-state index contributed by atoms with van der Waals surface area (Å²) < 4.78 is 29.8. The second-order valence-electron chi connectivity index (χ2n) is 5.90. The van der Waals surface area contributed by atoms with Gasteiger partial charge in [0.25, 0.3) is 0 Å². The van der Waals surface area contributed by atoms with Gasteiger partial charge in [0.15, 0.2) is 0 Å². The first-order chi connectivity index (χ1) is 11.1. The zero-order valence-corrected chi connectivity index (χ0v) is 13.3. The summed E-state index contributed by atoms with van der Waals surface area (Å²) in [5.74, 6) is -1.73. The summed E-state index contributed by atoms with van der Waals surface area (Å²) in [7, 11) is 0. The van der Waals surface area contributed by atoms with E-state index >= 15 is 0 Å². The lowest BCUT2D eigenvalue weighted by molar-refractivity contribution is -0.150. The fourth-order valence-corrected chi connectivity index (χ4v) is 2.32. The molecule has 0 aromatic heterocycles. The van der Waals surface area contributed by atoms with Crippen molar-refractivity contribution in [3.63, 3.8) is 0 Å². The van der Waals surface area contributed by atoms with E-state index in [2.05, 4.69) is 6.92 Å². The Bertz CT molecular complexity index is 522. The quantitative estimate of drug-likeness (QED) is 0.669. The third-order valence-electron chi connectivity index (χ3n) is 4.10. The van der Waals surface area contributed by atoms with Gasteiger partial charge in [0.1, 0.15) is 11.6 Å². The Morgan fingerprint density at radius 1 is 1.35 bits per heavy atom. The number of carboxylic acid groups (broad SMARTS) is 1. The van der Waals surface area contributed by atoms with E-state index in [1.165, 1.54) is 12.1 Å². The van der Waals surface area contributed by atoms with Gasteiger partial charge in [-0.25, -0.2) is 9.18 Å². The number of benzene rings is 1. The highest BCUT2D eigenvalue weighted by molar-refractivity contribution is 5.88. The molecule has 1 fully saturated rings. The molecule has 128 valence electrons. The number of carbonyl (C=O) groups is 1. The molecule has 0 atom stereocenters. The van der Waals surface area contributed by atoms with Crippen LogP contribution in [0.25, 0.3) is 0 Å². The Morgan fingerprint density at radius 3 is 2.65 bits per heavy atom. The van der Waals surface area contributed by atoms with Gasteiger partial charge in [-0.2, -0.15) is 0 Å². The first-order valence-electron chi connectivity index (χ1n) is 7.87. The number of rotatable bonds is 10. The van der Waals surface area contributed by atoms with E-state index in [1.807, 2.05) is 0 Å². The second-order valence-corrected chi connectivity index (χ2v) is 5.90. The molecule has 0 unspecified atom stereocenters. The van der Waals surface area contributed by atoms with Gasteiger partial charge in [-0.15, -0.1) is 0 Å². The van der Waals surface area contributed by atoms with E-state index in [0.717, 1.165) is 45.1 Å². The topological polar surface area (TPSA) is 65.0 Å². The molecule has 0 amide bonds. The number of hydrogen-bond acceptors (Lipinski definition) is 4. The molecular weight excluding hydrogens is 303 g/mol. The molecule has 2 rings (SSSR count). The van der Waals surface area contributed by atoms with Gasteiger partial charge < -0.3 is 19.3 Å². The molecule has 5 nitrogen and oxygen atoms in total. The first-order valence-corrected chi connectivity index (χ1v) is 7.87. The fourth-order valence-electron chi connectivity index (χ4n) is 2.32. The third kappa shape index (κ3) is 4.91. The predicted octanol–water partition coefficient (Wildman–Crippen LogP) is 3.13. The molecule has 1 aliphatic rings. The molecule has 0 spiro atoms. The molecule has 1 aromatic rings. The summed E-state index contributed by atoms with van der Waals surface area (Å²) >= 11 is 0. The van der Waals surface area contributed by atoms with Crippen LogP contribution in [0.5, 0.6) is 5.75 Å². The van der Waals surface area contributed by atoms with Gasteiger partial charge in [-0.05, 0) is 31.4 Å². The van der Waals surface area contributed by atoms with Gasteiger partial charge >= 0.3 is 5.97 Å². The summed E-state index contributed by atoms with van der Waals surface area (Å²) in [5.41, 5.74) is -0.143. The van der Waals surface area contributed by atoms with Crippen LogP contribution in [0.3, 0.4) is 0 Å². The number of hydrogen-bond donors (Lipinski definition) is 1. The van der Waals surface area contributed by atoms with Gasteiger partial charge in [-0.3, -0.25) is 0 Å². The first kappa shape index (κ1) is 17.7. The highest BCUT2D eigenvalue weighted by atomic mass is 19.1. The third-order valence-corrected chi connectivity index (χ3v) is 4.10. The van der Waals surface area contributed by atoms with Crippen molar-refractivity contribution in [2.75, 3.05) is 33.0 Å².